The lowest BCUT2D eigenvalue weighted by Crippen LogP contribution is -2.46. The predicted octanol–water partition coefficient (Wildman–Crippen LogP) is -1.45. The van der Waals surface area contributed by atoms with Crippen molar-refractivity contribution in [3.8, 4) is 0 Å². The highest BCUT2D eigenvalue weighted by Crippen LogP contribution is 2.34. The number of hydrogen-bond donors (Lipinski definition) is 4. The molecule has 8 nitrogen and oxygen atoms in total. The van der Waals surface area contributed by atoms with Crippen LogP contribution in [0.25, 0.3) is 0 Å². The van der Waals surface area contributed by atoms with Crippen LogP contribution in [0.15, 0.2) is 0 Å². The quantitative estimate of drug-likeness (QED) is 0.475. The smallest absolute Gasteiger partial charge is 0.325 e. The van der Waals surface area contributed by atoms with Crippen molar-refractivity contribution in [3.05, 3.63) is 0 Å². The van der Waals surface area contributed by atoms with Crippen LogP contribution in [0, 0.1) is 5.92 Å². The van der Waals surface area contributed by atoms with Crippen LogP contribution in [-0.4, -0.2) is 65.7 Å². The molecule has 0 bridgehead atoms. The Balaban J connectivity index is 1.53. The van der Waals surface area contributed by atoms with Gasteiger partial charge in [0.15, 0.2) is 0 Å². The van der Waals surface area contributed by atoms with E-state index in [9.17, 15) is 19.5 Å². The van der Waals surface area contributed by atoms with Gasteiger partial charge in [0.25, 0.3) is 5.91 Å². The van der Waals surface area contributed by atoms with Gasteiger partial charge in [-0.05, 0) is 12.8 Å². The molecule has 2 saturated heterocycles. The molecule has 3 fully saturated rings. The predicted molar refractivity (Wildman–Crippen MR) is 76.8 cm³/mol. The van der Waals surface area contributed by atoms with E-state index in [0.717, 1.165) is 17.7 Å². The van der Waals surface area contributed by atoms with Crippen molar-refractivity contribution in [2.24, 2.45) is 5.92 Å². The summed E-state index contributed by atoms with van der Waals surface area (Å²) in [6, 6.07) is -0.482. The van der Waals surface area contributed by atoms with Gasteiger partial charge in [-0.1, -0.05) is 12.8 Å². The molecule has 2 aliphatic heterocycles. The summed E-state index contributed by atoms with van der Waals surface area (Å²) >= 11 is 0. The summed E-state index contributed by atoms with van der Waals surface area (Å²) in [5, 5.41) is 18.1. The first-order chi connectivity index (χ1) is 10.5. The normalized spacial score (nSPS) is 30.1. The number of nitrogens with zero attached hydrogens (tertiary/aromatic N) is 1. The van der Waals surface area contributed by atoms with Crippen LogP contribution >= 0.6 is 0 Å². The van der Waals surface area contributed by atoms with E-state index in [1.54, 1.807) is 0 Å². The molecule has 0 aromatic heterocycles. The molecule has 4 amide bonds. The van der Waals surface area contributed by atoms with Crippen molar-refractivity contribution >= 4 is 17.8 Å². The minimum Gasteiger partial charge on any atom is -0.391 e. The maximum atomic E-state index is 12.4. The second-order valence-electron chi connectivity index (χ2n) is 6.40. The second kappa shape index (κ2) is 5.85. The molecule has 22 heavy (non-hydrogen) atoms. The number of aliphatic hydroxyl groups excluding tert-OH is 1. The van der Waals surface area contributed by atoms with Crippen molar-refractivity contribution in [1.82, 2.24) is 20.9 Å². The summed E-state index contributed by atoms with van der Waals surface area (Å²) in [6.45, 7) is 1.24. The summed E-state index contributed by atoms with van der Waals surface area (Å²) in [6.07, 6.45) is 2.65. The number of imide groups is 1. The topological polar surface area (TPSA) is 111 Å². The van der Waals surface area contributed by atoms with Crippen LogP contribution in [-0.2, 0) is 9.59 Å². The van der Waals surface area contributed by atoms with Gasteiger partial charge in [0.05, 0.1) is 6.10 Å². The van der Waals surface area contributed by atoms with Crippen LogP contribution in [0.5, 0.6) is 0 Å². The van der Waals surface area contributed by atoms with E-state index in [4.69, 9.17) is 0 Å². The summed E-state index contributed by atoms with van der Waals surface area (Å²) in [5.41, 5.74) is -0.775. The molecule has 122 valence electrons. The molecular weight excluding hydrogens is 288 g/mol. The number of carbonyl (C=O) groups excluding carboxylic acids is 3. The third-order valence-electron chi connectivity index (χ3n) is 4.87. The fourth-order valence-corrected chi connectivity index (χ4v) is 3.51. The summed E-state index contributed by atoms with van der Waals surface area (Å²) < 4.78 is 0. The molecule has 1 spiro atoms. The number of carbonyl (C=O) groups is 3. The Morgan fingerprint density at radius 1 is 1.32 bits per heavy atom. The zero-order chi connectivity index (χ0) is 15.7. The number of amides is 4. The fraction of sp³-hybridized carbons (Fsp3) is 0.786. The third kappa shape index (κ3) is 2.68. The van der Waals surface area contributed by atoms with E-state index in [1.165, 1.54) is 0 Å². The highest BCUT2D eigenvalue weighted by Gasteiger charge is 2.52. The van der Waals surface area contributed by atoms with Crippen LogP contribution in [0.1, 0.15) is 25.7 Å². The molecule has 3 rings (SSSR count). The largest absolute Gasteiger partial charge is 0.391 e. The molecule has 1 saturated carbocycles. The lowest BCUT2D eigenvalue weighted by molar-refractivity contribution is -0.134. The minimum atomic E-state index is -0.775. The second-order valence-corrected chi connectivity index (χ2v) is 6.40. The number of nitrogens with one attached hydrogen (secondary N) is 3. The van der Waals surface area contributed by atoms with Gasteiger partial charge in [0, 0.05) is 25.6 Å². The van der Waals surface area contributed by atoms with Gasteiger partial charge in [-0.2, -0.15) is 0 Å². The highest BCUT2D eigenvalue weighted by molar-refractivity contribution is 6.09. The standard InChI is InChI=1S/C14H22N4O4/c19-10-7-15-5-9(10)6-16-11(20)8-18-12(21)14(17-13(18)22)3-1-2-4-14/h9-10,15,19H,1-8H2,(H,16,20)(H,17,22). The lowest BCUT2D eigenvalue weighted by Gasteiger charge is -2.20. The van der Waals surface area contributed by atoms with Crippen molar-refractivity contribution in [1.29, 1.82) is 0 Å². The Bertz CT molecular complexity index is 489. The minimum absolute atomic E-state index is 0.0340. The summed E-state index contributed by atoms with van der Waals surface area (Å²) in [5.74, 6) is -0.696. The molecule has 8 heteroatoms. The Morgan fingerprint density at radius 3 is 2.68 bits per heavy atom. The summed E-state index contributed by atoms with van der Waals surface area (Å²) in [7, 11) is 0. The van der Waals surface area contributed by atoms with Crippen molar-refractivity contribution in [3.63, 3.8) is 0 Å². The number of rotatable bonds is 4. The lowest BCUT2D eigenvalue weighted by atomic mass is 9.98. The fourth-order valence-electron chi connectivity index (χ4n) is 3.51. The average molecular weight is 310 g/mol. The molecule has 0 aromatic carbocycles. The van der Waals surface area contributed by atoms with Crippen LogP contribution in [0.3, 0.4) is 0 Å². The van der Waals surface area contributed by atoms with Gasteiger partial charge >= 0.3 is 6.03 Å². The molecule has 0 radical (unpaired) electrons. The monoisotopic (exact) mass is 310 g/mol. The number of β-amino-alcohol motifs (C(OH)–C–C–N with tert-alkyl or cyclic N) is 1. The molecule has 4 N–H and O–H groups in total. The van der Waals surface area contributed by atoms with E-state index in [1.807, 2.05) is 0 Å². The van der Waals surface area contributed by atoms with Crippen LogP contribution in [0.2, 0.25) is 0 Å². The Kier molecular flexibility index (Phi) is 4.05. The molecular formula is C14H22N4O4. The Hall–Kier alpha value is -1.67. The Labute approximate surface area is 128 Å². The van der Waals surface area contributed by atoms with Gasteiger partial charge in [0.2, 0.25) is 5.91 Å². The summed E-state index contributed by atoms with van der Waals surface area (Å²) in [4.78, 5) is 37.3. The molecule has 2 heterocycles. The van der Waals surface area contributed by atoms with Crippen molar-refractivity contribution < 1.29 is 19.5 Å². The maximum Gasteiger partial charge on any atom is 0.325 e. The molecule has 0 aromatic rings. The highest BCUT2D eigenvalue weighted by atomic mass is 16.3. The Morgan fingerprint density at radius 2 is 2.05 bits per heavy atom. The van der Waals surface area contributed by atoms with Gasteiger partial charge < -0.3 is 21.1 Å². The maximum absolute atomic E-state index is 12.4. The molecule has 3 aliphatic rings. The molecule has 1 aliphatic carbocycles. The SMILES string of the molecule is O=C(CN1C(=O)NC2(CCCC2)C1=O)NCC1CNCC1O. The number of aliphatic hydroxyl groups is 1. The van der Waals surface area contributed by atoms with Gasteiger partial charge in [-0.3, -0.25) is 14.5 Å². The number of hydrogen-bond acceptors (Lipinski definition) is 5. The van der Waals surface area contributed by atoms with E-state index < -0.39 is 17.7 Å². The van der Waals surface area contributed by atoms with Crippen LogP contribution < -0.4 is 16.0 Å². The molecule has 2 atom stereocenters. The third-order valence-corrected chi connectivity index (χ3v) is 4.87. The zero-order valence-corrected chi connectivity index (χ0v) is 12.4. The molecule has 2 unspecified atom stereocenters. The van der Waals surface area contributed by atoms with E-state index in [0.29, 0.717) is 32.5 Å². The van der Waals surface area contributed by atoms with Crippen LogP contribution in [0.4, 0.5) is 4.79 Å². The van der Waals surface area contributed by atoms with E-state index in [2.05, 4.69) is 16.0 Å². The van der Waals surface area contributed by atoms with Gasteiger partial charge in [-0.25, -0.2) is 4.79 Å². The zero-order valence-electron chi connectivity index (χ0n) is 12.4. The number of urea groups is 1. The van der Waals surface area contributed by atoms with Gasteiger partial charge in [0.1, 0.15) is 12.1 Å². The van der Waals surface area contributed by atoms with E-state index in [-0.39, 0.29) is 24.3 Å². The van der Waals surface area contributed by atoms with Crippen molar-refractivity contribution in [2.75, 3.05) is 26.2 Å². The first kappa shape index (κ1) is 15.2. The average Bonchev–Trinajstić information content (AvgIpc) is 3.16. The van der Waals surface area contributed by atoms with Gasteiger partial charge in [-0.15, -0.1) is 0 Å². The first-order valence-corrected chi connectivity index (χ1v) is 7.81. The van der Waals surface area contributed by atoms with E-state index >= 15 is 0 Å². The van der Waals surface area contributed by atoms with Crippen molar-refractivity contribution in [2.45, 2.75) is 37.3 Å². The first-order valence-electron chi connectivity index (χ1n) is 7.81.